The van der Waals surface area contributed by atoms with Crippen LogP contribution in [0.4, 0.5) is 0 Å². The van der Waals surface area contributed by atoms with E-state index in [2.05, 4.69) is 0 Å². The van der Waals surface area contributed by atoms with Gasteiger partial charge in [0, 0.05) is 13.1 Å². The normalized spacial score (nSPS) is 23.6. The Kier molecular flexibility index (Phi) is 4.39. The lowest BCUT2D eigenvalue weighted by Gasteiger charge is -2.27. The number of amides is 1. The Balaban J connectivity index is 2.23. The number of carbonyl (C=O) groups excluding carboxylic acids is 1. The lowest BCUT2D eigenvalue weighted by atomic mass is 9.96. The molecule has 1 aromatic rings. The van der Waals surface area contributed by atoms with Crippen molar-refractivity contribution in [2.75, 3.05) is 13.1 Å². The van der Waals surface area contributed by atoms with Gasteiger partial charge in [-0.3, -0.25) is 4.79 Å². The lowest BCUT2D eigenvalue weighted by molar-refractivity contribution is -0.149. The van der Waals surface area contributed by atoms with Gasteiger partial charge in [0.2, 0.25) is 5.91 Å². The number of aliphatic carboxylic acids is 1. The zero-order valence-electron chi connectivity index (χ0n) is 11.5. The number of hydrogen-bond donors (Lipinski definition) is 2. The minimum Gasteiger partial charge on any atom is -0.480 e. The summed E-state index contributed by atoms with van der Waals surface area (Å²) in [5.74, 6) is -1.61. The molecular weight excluding hydrogens is 256 g/mol. The molecule has 3 atom stereocenters. The van der Waals surface area contributed by atoms with Gasteiger partial charge in [0.25, 0.3) is 0 Å². The van der Waals surface area contributed by atoms with Gasteiger partial charge in [-0.25, -0.2) is 4.79 Å². The molecular formula is C15H20N2O3. The highest BCUT2D eigenvalue weighted by Gasteiger charge is 2.41. The molecule has 3 unspecified atom stereocenters. The molecule has 2 rings (SSSR count). The smallest absolute Gasteiger partial charge is 0.326 e. The summed E-state index contributed by atoms with van der Waals surface area (Å²) in [7, 11) is 0. The summed E-state index contributed by atoms with van der Waals surface area (Å²) in [5, 5.41) is 9.30. The molecule has 1 saturated heterocycles. The van der Waals surface area contributed by atoms with E-state index < -0.39 is 17.9 Å². The van der Waals surface area contributed by atoms with Crippen molar-refractivity contribution in [3.63, 3.8) is 0 Å². The van der Waals surface area contributed by atoms with Crippen LogP contribution in [0.25, 0.3) is 0 Å². The van der Waals surface area contributed by atoms with E-state index in [1.54, 1.807) is 0 Å². The first-order valence-electron chi connectivity index (χ1n) is 6.84. The van der Waals surface area contributed by atoms with Gasteiger partial charge in [-0.1, -0.05) is 37.3 Å². The zero-order valence-corrected chi connectivity index (χ0v) is 11.5. The Morgan fingerprint density at radius 1 is 1.40 bits per heavy atom. The van der Waals surface area contributed by atoms with E-state index in [1.807, 2.05) is 37.3 Å². The van der Waals surface area contributed by atoms with Crippen molar-refractivity contribution in [3.8, 4) is 0 Å². The molecule has 5 nitrogen and oxygen atoms in total. The molecule has 108 valence electrons. The number of nitrogens with zero attached hydrogens (tertiary/aromatic N) is 1. The quantitative estimate of drug-likeness (QED) is 0.861. The van der Waals surface area contributed by atoms with Crippen molar-refractivity contribution in [1.29, 1.82) is 0 Å². The third kappa shape index (κ3) is 2.67. The van der Waals surface area contributed by atoms with Gasteiger partial charge in [0.1, 0.15) is 6.04 Å². The number of nitrogens with two attached hydrogens (primary N) is 1. The van der Waals surface area contributed by atoms with E-state index in [0.29, 0.717) is 6.54 Å². The number of rotatable bonds is 4. The van der Waals surface area contributed by atoms with Crippen LogP contribution in [0.1, 0.15) is 24.8 Å². The Bertz CT molecular complexity index is 489. The fourth-order valence-corrected chi connectivity index (χ4v) is 2.84. The van der Waals surface area contributed by atoms with Crippen molar-refractivity contribution in [2.45, 2.75) is 25.3 Å². The van der Waals surface area contributed by atoms with Crippen LogP contribution in [0, 0.1) is 5.92 Å². The highest BCUT2D eigenvalue weighted by Crippen LogP contribution is 2.28. The number of benzene rings is 1. The highest BCUT2D eigenvalue weighted by atomic mass is 16.4. The number of hydrogen-bond acceptors (Lipinski definition) is 3. The number of carboxylic acid groups (broad SMARTS) is 1. The summed E-state index contributed by atoms with van der Waals surface area (Å²) >= 11 is 0. The monoisotopic (exact) mass is 276 g/mol. The average Bonchev–Trinajstić information content (AvgIpc) is 2.82. The van der Waals surface area contributed by atoms with Gasteiger partial charge in [0.05, 0.1) is 5.92 Å². The molecule has 0 aromatic heterocycles. The standard InChI is InChI=1S/C15H20N2O3/c1-10-7-8-17(13(10)15(19)20)14(18)12(9-16)11-5-3-2-4-6-11/h2-6,10,12-13H,7-9,16H2,1H3,(H,19,20). The summed E-state index contributed by atoms with van der Waals surface area (Å²) in [6.45, 7) is 2.53. The molecule has 1 aromatic carbocycles. The minimum atomic E-state index is -0.938. The SMILES string of the molecule is CC1CCN(C(=O)C(CN)c2ccccc2)C1C(=O)O. The van der Waals surface area contributed by atoms with Crippen molar-refractivity contribution in [1.82, 2.24) is 4.90 Å². The summed E-state index contributed by atoms with van der Waals surface area (Å²) in [5.41, 5.74) is 6.57. The molecule has 1 amide bonds. The van der Waals surface area contributed by atoms with E-state index in [0.717, 1.165) is 12.0 Å². The zero-order chi connectivity index (χ0) is 14.7. The molecule has 1 aliphatic heterocycles. The summed E-state index contributed by atoms with van der Waals surface area (Å²) < 4.78 is 0. The minimum absolute atomic E-state index is 0.0225. The van der Waals surface area contributed by atoms with Crippen molar-refractivity contribution >= 4 is 11.9 Å². The second kappa shape index (κ2) is 6.05. The predicted octanol–water partition coefficient (Wildman–Crippen LogP) is 1.05. The molecule has 0 bridgehead atoms. The maximum Gasteiger partial charge on any atom is 0.326 e. The van der Waals surface area contributed by atoms with Gasteiger partial charge in [-0.2, -0.15) is 0 Å². The van der Waals surface area contributed by atoms with Crippen LogP contribution >= 0.6 is 0 Å². The topological polar surface area (TPSA) is 83.6 Å². The van der Waals surface area contributed by atoms with Crippen molar-refractivity contribution < 1.29 is 14.7 Å². The van der Waals surface area contributed by atoms with Gasteiger partial charge in [-0.05, 0) is 17.9 Å². The molecule has 1 aliphatic rings. The number of likely N-dealkylation sites (tertiary alicyclic amines) is 1. The van der Waals surface area contributed by atoms with Gasteiger partial charge in [0.15, 0.2) is 0 Å². The Hall–Kier alpha value is -1.88. The lowest BCUT2D eigenvalue weighted by Crippen LogP contribution is -2.46. The summed E-state index contributed by atoms with van der Waals surface area (Å²) in [6.07, 6.45) is 0.717. The molecule has 0 radical (unpaired) electrons. The van der Waals surface area contributed by atoms with E-state index in [-0.39, 0.29) is 18.4 Å². The second-order valence-corrected chi connectivity index (χ2v) is 5.28. The predicted molar refractivity (Wildman–Crippen MR) is 75.2 cm³/mol. The van der Waals surface area contributed by atoms with Gasteiger partial charge < -0.3 is 15.7 Å². The van der Waals surface area contributed by atoms with Gasteiger partial charge >= 0.3 is 5.97 Å². The third-order valence-corrected chi connectivity index (χ3v) is 3.97. The summed E-state index contributed by atoms with van der Waals surface area (Å²) in [4.78, 5) is 25.4. The Morgan fingerprint density at radius 3 is 2.60 bits per heavy atom. The fourth-order valence-electron chi connectivity index (χ4n) is 2.84. The molecule has 3 N–H and O–H groups in total. The first kappa shape index (κ1) is 14.5. The maximum absolute atomic E-state index is 12.6. The van der Waals surface area contributed by atoms with Gasteiger partial charge in [-0.15, -0.1) is 0 Å². The van der Waals surface area contributed by atoms with Crippen LogP contribution in [-0.4, -0.2) is 41.0 Å². The molecule has 1 fully saturated rings. The van der Waals surface area contributed by atoms with E-state index >= 15 is 0 Å². The Morgan fingerprint density at radius 2 is 2.05 bits per heavy atom. The fraction of sp³-hybridized carbons (Fsp3) is 0.467. The first-order chi connectivity index (χ1) is 9.56. The third-order valence-electron chi connectivity index (χ3n) is 3.97. The summed E-state index contributed by atoms with van der Waals surface area (Å²) in [6, 6.07) is 8.55. The molecule has 1 heterocycles. The van der Waals surface area contributed by atoms with Crippen LogP contribution < -0.4 is 5.73 Å². The first-order valence-corrected chi connectivity index (χ1v) is 6.84. The van der Waals surface area contributed by atoms with Crippen LogP contribution in [0.2, 0.25) is 0 Å². The number of carbonyl (C=O) groups is 2. The average molecular weight is 276 g/mol. The van der Waals surface area contributed by atoms with Crippen molar-refractivity contribution in [3.05, 3.63) is 35.9 Å². The maximum atomic E-state index is 12.6. The van der Waals surface area contributed by atoms with Crippen LogP contribution in [0.15, 0.2) is 30.3 Å². The number of carboxylic acids is 1. The molecule has 0 spiro atoms. The molecule has 5 heteroatoms. The van der Waals surface area contributed by atoms with Crippen LogP contribution in [0.3, 0.4) is 0 Å². The van der Waals surface area contributed by atoms with Crippen LogP contribution in [-0.2, 0) is 9.59 Å². The highest BCUT2D eigenvalue weighted by molar-refractivity contribution is 5.89. The van der Waals surface area contributed by atoms with Crippen LogP contribution in [0.5, 0.6) is 0 Å². The van der Waals surface area contributed by atoms with E-state index in [9.17, 15) is 14.7 Å². The largest absolute Gasteiger partial charge is 0.480 e. The molecule has 20 heavy (non-hydrogen) atoms. The Labute approximate surface area is 118 Å². The van der Waals surface area contributed by atoms with E-state index in [4.69, 9.17) is 5.73 Å². The molecule has 0 saturated carbocycles. The van der Waals surface area contributed by atoms with E-state index in [1.165, 1.54) is 4.90 Å². The molecule has 0 aliphatic carbocycles. The second-order valence-electron chi connectivity index (χ2n) is 5.28. The van der Waals surface area contributed by atoms with Crippen molar-refractivity contribution in [2.24, 2.45) is 11.7 Å².